The quantitative estimate of drug-likeness (QED) is 0.789. The number of amides is 1. The maximum Gasteiger partial charge on any atom is 0.415 e. The smallest absolute Gasteiger partial charge is 0.410 e. The summed E-state index contributed by atoms with van der Waals surface area (Å²) in [5.74, 6) is 0.580. The Morgan fingerprint density at radius 1 is 1.29 bits per heavy atom. The van der Waals surface area contributed by atoms with Crippen molar-refractivity contribution in [3.8, 4) is 5.75 Å². The van der Waals surface area contributed by atoms with Gasteiger partial charge in [0, 0.05) is 26.3 Å². The van der Waals surface area contributed by atoms with Crippen LogP contribution in [-0.2, 0) is 4.74 Å². The minimum absolute atomic E-state index is 0.222. The lowest BCUT2D eigenvalue weighted by atomic mass is 10.1. The van der Waals surface area contributed by atoms with Gasteiger partial charge in [0.2, 0.25) is 0 Å². The number of carbonyl (C=O) groups is 1. The maximum atomic E-state index is 11.9. The van der Waals surface area contributed by atoms with Gasteiger partial charge >= 0.3 is 6.09 Å². The van der Waals surface area contributed by atoms with E-state index >= 15 is 0 Å². The standard InChI is InChI=1S/C13H17NO3/c1-14(11-7-9-16-10-8-11)13(15)17-12-5-3-2-4-6-12/h2-6,11H,7-10H2,1H3. The fourth-order valence-electron chi connectivity index (χ4n) is 1.88. The molecule has 92 valence electrons. The molecular weight excluding hydrogens is 218 g/mol. The molecule has 0 unspecified atom stereocenters. The number of benzene rings is 1. The monoisotopic (exact) mass is 235 g/mol. The third-order valence-electron chi connectivity index (χ3n) is 2.97. The zero-order valence-electron chi connectivity index (χ0n) is 9.96. The summed E-state index contributed by atoms with van der Waals surface area (Å²) in [6, 6.07) is 9.35. The number of para-hydroxylation sites is 1. The Hall–Kier alpha value is -1.55. The van der Waals surface area contributed by atoms with Gasteiger partial charge in [0.05, 0.1) is 0 Å². The van der Waals surface area contributed by atoms with Crippen LogP contribution in [0.1, 0.15) is 12.8 Å². The van der Waals surface area contributed by atoms with Gasteiger partial charge in [0.25, 0.3) is 0 Å². The van der Waals surface area contributed by atoms with Gasteiger partial charge in [-0.15, -0.1) is 0 Å². The number of hydrogen-bond acceptors (Lipinski definition) is 3. The first-order valence-corrected chi connectivity index (χ1v) is 5.85. The summed E-state index contributed by atoms with van der Waals surface area (Å²) < 4.78 is 10.5. The zero-order valence-corrected chi connectivity index (χ0v) is 9.96. The van der Waals surface area contributed by atoms with Gasteiger partial charge in [-0.2, -0.15) is 0 Å². The van der Waals surface area contributed by atoms with E-state index in [0.29, 0.717) is 19.0 Å². The Bertz CT molecular complexity index is 360. The molecule has 0 N–H and O–H groups in total. The van der Waals surface area contributed by atoms with Gasteiger partial charge in [0.1, 0.15) is 5.75 Å². The molecule has 0 spiro atoms. The van der Waals surface area contributed by atoms with Crippen LogP contribution >= 0.6 is 0 Å². The second-order valence-electron chi connectivity index (χ2n) is 4.14. The third-order valence-corrected chi connectivity index (χ3v) is 2.97. The lowest BCUT2D eigenvalue weighted by Gasteiger charge is -2.30. The van der Waals surface area contributed by atoms with Crippen LogP contribution in [-0.4, -0.2) is 37.3 Å². The van der Waals surface area contributed by atoms with Crippen LogP contribution in [0, 0.1) is 0 Å². The first kappa shape index (κ1) is 11.9. The topological polar surface area (TPSA) is 38.8 Å². The van der Waals surface area contributed by atoms with Gasteiger partial charge in [-0.3, -0.25) is 0 Å². The van der Waals surface area contributed by atoms with E-state index in [4.69, 9.17) is 9.47 Å². The summed E-state index contributed by atoms with van der Waals surface area (Å²) in [6.45, 7) is 1.43. The Morgan fingerprint density at radius 3 is 2.59 bits per heavy atom. The molecule has 1 fully saturated rings. The number of carbonyl (C=O) groups excluding carboxylic acids is 1. The van der Waals surface area contributed by atoms with Gasteiger partial charge in [-0.25, -0.2) is 4.79 Å². The molecule has 4 heteroatoms. The largest absolute Gasteiger partial charge is 0.415 e. The molecule has 1 aromatic carbocycles. The summed E-state index contributed by atoms with van der Waals surface area (Å²) in [7, 11) is 1.78. The predicted octanol–water partition coefficient (Wildman–Crippen LogP) is 2.30. The predicted molar refractivity (Wildman–Crippen MR) is 64.1 cm³/mol. The minimum atomic E-state index is -0.303. The summed E-state index contributed by atoms with van der Waals surface area (Å²) in [5.41, 5.74) is 0. The third kappa shape index (κ3) is 3.20. The van der Waals surface area contributed by atoms with E-state index in [9.17, 15) is 4.79 Å². The van der Waals surface area contributed by atoms with Crippen molar-refractivity contribution in [3.63, 3.8) is 0 Å². The van der Waals surface area contributed by atoms with Gasteiger partial charge < -0.3 is 14.4 Å². The molecule has 0 radical (unpaired) electrons. The molecule has 0 aliphatic carbocycles. The molecule has 0 atom stereocenters. The second kappa shape index (κ2) is 5.68. The van der Waals surface area contributed by atoms with Crippen molar-refractivity contribution in [3.05, 3.63) is 30.3 Å². The zero-order chi connectivity index (χ0) is 12.1. The maximum absolute atomic E-state index is 11.9. The van der Waals surface area contributed by atoms with Crippen LogP contribution in [0.3, 0.4) is 0 Å². The number of hydrogen-bond donors (Lipinski definition) is 0. The van der Waals surface area contributed by atoms with E-state index in [1.54, 1.807) is 24.1 Å². The summed E-state index contributed by atoms with van der Waals surface area (Å²) in [4.78, 5) is 13.5. The van der Waals surface area contributed by atoms with Crippen LogP contribution in [0.25, 0.3) is 0 Å². The second-order valence-corrected chi connectivity index (χ2v) is 4.14. The fraction of sp³-hybridized carbons (Fsp3) is 0.462. The van der Waals surface area contributed by atoms with Crippen LogP contribution in [0.15, 0.2) is 30.3 Å². The molecule has 1 amide bonds. The lowest BCUT2D eigenvalue weighted by molar-refractivity contribution is 0.0454. The Balaban J connectivity index is 1.90. The molecule has 17 heavy (non-hydrogen) atoms. The van der Waals surface area contributed by atoms with Gasteiger partial charge in [-0.1, -0.05) is 18.2 Å². The molecule has 1 heterocycles. The van der Waals surface area contributed by atoms with E-state index in [1.807, 2.05) is 18.2 Å². The highest BCUT2D eigenvalue weighted by Crippen LogP contribution is 2.15. The van der Waals surface area contributed by atoms with E-state index in [-0.39, 0.29) is 12.1 Å². The molecule has 1 aliphatic rings. The SMILES string of the molecule is CN(C(=O)Oc1ccccc1)C1CCOCC1. The molecule has 0 aromatic heterocycles. The van der Waals surface area contributed by atoms with Gasteiger partial charge in [-0.05, 0) is 25.0 Å². The lowest BCUT2D eigenvalue weighted by Crippen LogP contribution is -2.42. The normalized spacial score (nSPS) is 16.5. The van der Waals surface area contributed by atoms with Crippen molar-refractivity contribution in [2.75, 3.05) is 20.3 Å². The van der Waals surface area contributed by atoms with E-state index in [2.05, 4.69) is 0 Å². The van der Waals surface area contributed by atoms with Gasteiger partial charge in [0.15, 0.2) is 0 Å². The molecule has 4 nitrogen and oxygen atoms in total. The highest BCUT2D eigenvalue weighted by molar-refractivity contribution is 5.70. The van der Waals surface area contributed by atoms with Crippen molar-refractivity contribution < 1.29 is 14.3 Å². The van der Waals surface area contributed by atoms with Crippen LogP contribution < -0.4 is 4.74 Å². The van der Waals surface area contributed by atoms with Crippen molar-refractivity contribution in [2.45, 2.75) is 18.9 Å². The summed E-state index contributed by atoms with van der Waals surface area (Å²) in [6.07, 6.45) is 1.45. The number of ether oxygens (including phenoxy) is 2. The first-order chi connectivity index (χ1) is 8.27. The van der Waals surface area contributed by atoms with Crippen molar-refractivity contribution in [1.82, 2.24) is 4.90 Å². The Morgan fingerprint density at radius 2 is 1.94 bits per heavy atom. The molecule has 1 aromatic rings. The average Bonchev–Trinajstić information content (AvgIpc) is 2.40. The van der Waals surface area contributed by atoms with E-state index < -0.39 is 0 Å². The highest BCUT2D eigenvalue weighted by atomic mass is 16.6. The van der Waals surface area contributed by atoms with Crippen LogP contribution in [0.2, 0.25) is 0 Å². The highest BCUT2D eigenvalue weighted by Gasteiger charge is 2.23. The fourth-order valence-corrected chi connectivity index (χ4v) is 1.88. The van der Waals surface area contributed by atoms with E-state index in [0.717, 1.165) is 12.8 Å². The summed E-state index contributed by atoms with van der Waals surface area (Å²) in [5, 5.41) is 0. The number of nitrogens with zero attached hydrogens (tertiary/aromatic N) is 1. The van der Waals surface area contributed by atoms with Crippen molar-refractivity contribution in [1.29, 1.82) is 0 Å². The molecule has 2 rings (SSSR count). The summed E-state index contributed by atoms with van der Waals surface area (Å²) >= 11 is 0. The minimum Gasteiger partial charge on any atom is -0.410 e. The van der Waals surface area contributed by atoms with Crippen LogP contribution in [0.5, 0.6) is 5.75 Å². The number of rotatable bonds is 2. The van der Waals surface area contributed by atoms with Crippen molar-refractivity contribution in [2.24, 2.45) is 0 Å². The van der Waals surface area contributed by atoms with Crippen molar-refractivity contribution >= 4 is 6.09 Å². The first-order valence-electron chi connectivity index (χ1n) is 5.85. The van der Waals surface area contributed by atoms with Crippen LogP contribution in [0.4, 0.5) is 4.79 Å². The average molecular weight is 235 g/mol. The molecule has 0 bridgehead atoms. The molecular formula is C13H17NO3. The Kier molecular flexibility index (Phi) is 3.98. The van der Waals surface area contributed by atoms with E-state index in [1.165, 1.54) is 0 Å². The molecule has 0 saturated carbocycles. The molecule has 1 aliphatic heterocycles. The Labute approximate surface area is 101 Å². The molecule has 1 saturated heterocycles.